The fraction of sp³-hybridized carbons (Fsp3) is 0.214. The summed E-state index contributed by atoms with van der Waals surface area (Å²) in [5.41, 5.74) is 3.17. The molecule has 2 nitrogen and oxygen atoms in total. The van der Waals surface area contributed by atoms with Crippen molar-refractivity contribution in [2.45, 2.75) is 13.0 Å². The van der Waals surface area contributed by atoms with Crippen LogP contribution in [0.15, 0.2) is 30.3 Å². The number of rotatable bonds is 1. The minimum atomic E-state index is 0.626. The Morgan fingerprint density at radius 3 is 3.00 bits per heavy atom. The maximum Gasteiger partial charge on any atom is 0.150 e. The van der Waals surface area contributed by atoms with Gasteiger partial charge in [-0.15, -0.1) is 0 Å². The van der Waals surface area contributed by atoms with E-state index in [0.717, 1.165) is 34.6 Å². The number of carbonyl (C=O) groups is 1. The molecule has 0 N–H and O–H groups in total. The van der Waals surface area contributed by atoms with Crippen LogP contribution in [-0.2, 0) is 17.8 Å². The van der Waals surface area contributed by atoms with Crippen molar-refractivity contribution in [3.8, 4) is 0 Å². The van der Waals surface area contributed by atoms with Crippen molar-refractivity contribution >= 4 is 17.1 Å². The van der Waals surface area contributed by atoms with Crippen LogP contribution >= 0.6 is 0 Å². The van der Waals surface area contributed by atoms with Crippen LogP contribution in [0.3, 0.4) is 0 Å². The Balaban J connectivity index is 2.39. The molecule has 0 atom stereocenters. The first-order valence-corrected chi connectivity index (χ1v) is 5.46. The van der Waals surface area contributed by atoms with Crippen LogP contribution in [0, 0.1) is 0 Å². The Kier molecular flexibility index (Phi) is 2.22. The third kappa shape index (κ3) is 1.34. The SMILES string of the molecule is O=Cc1c2c(cc3ccccc13)COCC2. The van der Waals surface area contributed by atoms with Gasteiger partial charge in [-0.2, -0.15) is 0 Å². The van der Waals surface area contributed by atoms with E-state index in [1.54, 1.807) is 0 Å². The molecular formula is C14H12O2. The predicted octanol–water partition coefficient (Wildman–Crippen LogP) is 2.73. The number of fused-ring (bicyclic) bond motifs is 2. The molecule has 16 heavy (non-hydrogen) atoms. The molecule has 0 aromatic heterocycles. The first-order chi connectivity index (χ1) is 7.90. The van der Waals surface area contributed by atoms with Crippen LogP contribution in [-0.4, -0.2) is 12.9 Å². The van der Waals surface area contributed by atoms with Crippen LogP contribution in [0.25, 0.3) is 10.8 Å². The van der Waals surface area contributed by atoms with E-state index in [9.17, 15) is 4.79 Å². The lowest BCUT2D eigenvalue weighted by atomic mass is 9.92. The largest absolute Gasteiger partial charge is 0.376 e. The van der Waals surface area contributed by atoms with Gasteiger partial charge in [-0.05, 0) is 34.4 Å². The van der Waals surface area contributed by atoms with Crippen LogP contribution < -0.4 is 0 Å². The molecule has 0 saturated heterocycles. The Morgan fingerprint density at radius 2 is 2.12 bits per heavy atom. The molecule has 80 valence electrons. The van der Waals surface area contributed by atoms with Crippen molar-refractivity contribution in [3.05, 3.63) is 47.0 Å². The lowest BCUT2D eigenvalue weighted by molar-refractivity contribution is 0.107. The Bertz CT molecular complexity index is 558. The second-order valence-corrected chi connectivity index (χ2v) is 4.07. The fourth-order valence-corrected chi connectivity index (χ4v) is 2.39. The van der Waals surface area contributed by atoms with Crippen molar-refractivity contribution in [1.29, 1.82) is 0 Å². The molecule has 1 aliphatic rings. The van der Waals surface area contributed by atoms with Gasteiger partial charge in [0.25, 0.3) is 0 Å². The molecule has 0 radical (unpaired) electrons. The molecule has 0 spiro atoms. The molecule has 1 heterocycles. The van der Waals surface area contributed by atoms with E-state index in [0.29, 0.717) is 13.2 Å². The summed E-state index contributed by atoms with van der Waals surface area (Å²) >= 11 is 0. The molecule has 1 aliphatic heterocycles. The van der Waals surface area contributed by atoms with Crippen molar-refractivity contribution in [2.75, 3.05) is 6.61 Å². The number of ether oxygens (including phenoxy) is 1. The maximum absolute atomic E-state index is 11.3. The summed E-state index contributed by atoms with van der Waals surface area (Å²) in [5.74, 6) is 0. The summed E-state index contributed by atoms with van der Waals surface area (Å²) in [6.07, 6.45) is 1.82. The minimum absolute atomic E-state index is 0.626. The lowest BCUT2D eigenvalue weighted by Crippen LogP contribution is -2.12. The molecule has 2 aromatic rings. The highest BCUT2D eigenvalue weighted by Crippen LogP contribution is 2.28. The molecule has 2 aromatic carbocycles. The molecule has 0 aliphatic carbocycles. The zero-order chi connectivity index (χ0) is 11.0. The Morgan fingerprint density at radius 1 is 1.25 bits per heavy atom. The highest BCUT2D eigenvalue weighted by atomic mass is 16.5. The van der Waals surface area contributed by atoms with E-state index in [1.807, 2.05) is 24.3 Å². The number of hydrogen-bond acceptors (Lipinski definition) is 2. The molecule has 0 amide bonds. The number of carbonyl (C=O) groups excluding carboxylic acids is 1. The monoisotopic (exact) mass is 212 g/mol. The van der Waals surface area contributed by atoms with Crippen LogP contribution in [0.4, 0.5) is 0 Å². The summed E-state index contributed by atoms with van der Waals surface area (Å²) in [6, 6.07) is 10.1. The normalized spacial score (nSPS) is 14.8. The molecule has 0 fully saturated rings. The van der Waals surface area contributed by atoms with Crippen LogP contribution in [0.1, 0.15) is 21.5 Å². The fourth-order valence-electron chi connectivity index (χ4n) is 2.39. The van der Waals surface area contributed by atoms with Gasteiger partial charge in [0.2, 0.25) is 0 Å². The van der Waals surface area contributed by atoms with E-state index in [1.165, 1.54) is 5.56 Å². The summed E-state index contributed by atoms with van der Waals surface area (Å²) in [7, 11) is 0. The molecule has 0 bridgehead atoms. The van der Waals surface area contributed by atoms with Gasteiger partial charge in [0.15, 0.2) is 6.29 Å². The molecule has 0 saturated carbocycles. The summed E-state index contributed by atoms with van der Waals surface area (Å²) in [4.78, 5) is 11.3. The first-order valence-electron chi connectivity index (χ1n) is 5.46. The summed E-state index contributed by atoms with van der Waals surface area (Å²) in [6.45, 7) is 1.34. The summed E-state index contributed by atoms with van der Waals surface area (Å²) < 4.78 is 5.43. The van der Waals surface area contributed by atoms with Crippen molar-refractivity contribution < 1.29 is 9.53 Å². The van der Waals surface area contributed by atoms with Crippen molar-refractivity contribution in [2.24, 2.45) is 0 Å². The van der Waals surface area contributed by atoms with Gasteiger partial charge < -0.3 is 4.74 Å². The Hall–Kier alpha value is -1.67. The van der Waals surface area contributed by atoms with Gasteiger partial charge in [-0.25, -0.2) is 0 Å². The lowest BCUT2D eigenvalue weighted by Gasteiger charge is -2.19. The van der Waals surface area contributed by atoms with E-state index >= 15 is 0 Å². The first kappa shape index (κ1) is 9.55. The van der Waals surface area contributed by atoms with Gasteiger partial charge in [-0.3, -0.25) is 4.79 Å². The third-order valence-electron chi connectivity index (χ3n) is 3.17. The van der Waals surface area contributed by atoms with Crippen LogP contribution in [0.5, 0.6) is 0 Å². The number of hydrogen-bond donors (Lipinski definition) is 0. The number of aldehydes is 1. The van der Waals surface area contributed by atoms with E-state index < -0.39 is 0 Å². The van der Waals surface area contributed by atoms with Gasteiger partial charge >= 0.3 is 0 Å². The quantitative estimate of drug-likeness (QED) is 0.679. The van der Waals surface area contributed by atoms with Gasteiger partial charge in [-0.1, -0.05) is 24.3 Å². The zero-order valence-electron chi connectivity index (χ0n) is 8.90. The van der Waals surface area contributed by atoms with Crippen molar-refractivity contribution in [3.63, 3.8) is 0 Å². The molecule has 0 unspecified atom stereocenters. The highest BCUT2D eigenvalue weighted by molar-refractivity contribution is 6.00. The minimum Gasteiger partial charge on any atom is -0.376 e. The highest BCUT2D eigenvalue weighted by Gasteiger charge is 2.15. The smallest absolute Gasteiger partial charge is 0.150 e. The topological polar surface area (TPSA) is 26.3 Å². The predicted molar refractivity (Wildman–Crippen MR) is 62.7 cm³/mol. The number of benzene rings is 2. The van der Waals surface area contributed by atoms with Crippen LogP contribution in [0.2, 0.25) is 0 Å². The van der Waals surface area contributed by atoms with Gasteiger partial charge in [0, 0.05) is 5.56 Å². The second kappa shape index (κ2) is 3.72. The molecule has 3 rings (SSSR count). The molecular weight excluding hydrogens is 200 g/mol. The van der Waals surface area contributed by atoms with Crippen molar-refractivity contribution in [1.82, 2.24) is 0 Å². The maximum atomic E-state index is 11.3. The third-order valence-corrected chi connectivity index (χ3v) is 3.17. The zero-order valence-corrected chi connectivity index (χ0v) is 8.90. The average molecular weight is 212 g/mol. The average Bonchev–Trinajstić information content (AvgIpc) is 2.36. The molecule has 2 heteroatoms. The second-order valence-electron chi connectivity index (χ2n) is 4.07. The van der Waals surface area contributed by atoms with Gasteiger partial charge in [0.1, 0.15) is 0 Å². The van der Waals surface area contributed by atoms with E-state index in [2.05, 4.69) is 6.07 Å². The Labute approximate surface area is 93.8 Å². The summed E-state index contributed by atoms with van der Waals surface area (Å²) in [5, 5.41) is 2.17. The van der Waals surface area contributed by atoms with Gasteiger partial charge in [0.05, 0.1) is 13.2 Å². The van der Waals surface area contributed by atoms with E-state index in [4.69, 9.17) is 4.74 Å². The van der Waals surface area contributed by atoms with E-state index in [-0.39, 0.29) is 0 Å². The standard InChI is InChI=1S/C14H12O2/c15-8-14-12-4-2-1-3-10(12)7-11-9-16-6-5-13(11)14/h1-4,7-8H,5-6,9H2.